The van der Waals surface area contributed by atoms with Crippen molar-refractivity contribution in [3.8, 4) is 0 Å². The van der Waals surface area contributed by atoms with Gasteiger partial charge in [0.15, 0.2) is 0 Å². The maximum Gasteiger partial charge on any atom is 0.236 e. The zero-order chi connectivity index (χ0) is 18.0. The summed E-state index contributed by atoms with van der Waals surface area (Å²) in [6.45, 7) is 1.08. The summed E-state index contributed by atoms with van der Waals surface area (Å²) in [6.07, 6.45) is 7.09. The normalized spacial score (nSPS) is 17.2. The Kier molecular flexibility index (Phi) is 4.61. The number of nitrogens with one attached hydrogen (secondary N) is 1. The highest BCUT2D eigenvalue weighted by Crippen LogP contribution is 2.33. The van der Waals surface area contributed by atoms with Crippen LogP contribution in [0.15, 0.2) is 60.3 Å². The number of piperidine rings is 1. The summed E-state index contributed by atoms with van der Waals surface area (Å²) < 4.78 is 26.8. The number of benzene rings is 1. The predicted octanol–water partition coefficient (Wildman–Crippen LogP) is 3.74. The molecule has 1 aromatic carbocycles. The molecule has 1 aliphatic heterocycles. The van der Waals surface area contributed by atoms with Gasteiger partial charge in [-0.2, -0.15) is 4.31 Å². The third-order valence-electron chi connectivity index (χ3n) is 4.97. The molecule has 0 radical (unpaired) electrons. The largest absolute Gasteiger partial charge is 0.346 e. The molecule has 0 saturated carbocycles. The van der Waals surface area contributed by atoms with Crippen molar-refractivity contribution in [1.29, 1.82) is 0 Å². The summed E-state index contributed by atoms with van der Waals surface area (Å²) in [7, 11) is -3.38. The Balaban J connectivity index is 1.45. The van der Waals surface area contributed by atoms with E-state index < -0.39 is 10.0 Å². The molecule has 0 atom stereocenters. The van der Waals surface area contributed by atoms with Crippen LogP contribution in [0, 0.1) is 0 Å². The molecule has 0 bridgehead atoms. The molecular formula is C20H21N3O2S. The summed E-state index contributed by atoms with van der Waals surface area (Å²) in [5, 5.41) is 2.45. The van der Waals surface area contributed by atoms with E-state index in [-0.39, 0.29) is 0 Å². The van der Waals surface area contributed by atoms with Crippen LogP contribution in [0.5, 0.6) is 0 Å². The molecule has 1 saturated heterocycles. The third-order valence-corrected chi connectivity index (χ3v) is 6.53. The fraction of sp³-hybridized carbons (Fsp3) is 0.250. The molecule has 6 heteroatoms. The summed E-state index contributed by atoms with van der Waals surface area (Å²) in [6, 6.07) is 13.5. The number of H-pyrrole nitrogens is 1. The second-order valence-electron chi connectivity index (χ2n) is 6.58. The Bertz CT molecular complexity index is 1020. The number of sulfonamides is 1. The SMILES string of the molecule is O=S(=O)(C=Cc1ccccc1)N1CCC(c2c[nH]c3ncccc23)CC1. The maximum atomic E-state index is 12.6. The van der Waals surface area contributed by atoms with Crippen LogP contribution in [0.25, 0.3) is 17.1 Å². The van der Waals surface area contributed by atoms with Gasteiger partial charge in [0.25, 0.3) is 0 Å². The van der Waals surface area contributed by atoms with Gasteiger partial charge in [-0.15, -0.1) is 0 Å². The Morgan fingerprint density at radius 3 is 2.62 bits per heavy atom. The minimum atomic E-state index is -3.38. The summed E-state index contributed by atoms with van der Waals surface area (Å²) in [5.41, 5.74) is 3.02. The van der Waals surface area contributed by atoms with Gasteiger partial charge in [-0.1, -0.05) is 30.3 Å². The quantitative estimate of drug-likeness (QED) is 0.764. The number of nitrogens with zero attached hydrogens (tertiary/aromatic N) is 2. The molecule has 26 heavy (non-hydrogen) atoms. The van der Waals surface area contributed by atoms with E-state index in [0.29, 0.717) is 19.0 Å². The molecule has 134 valence electrons. The molecule has 1 fully saturated rings. The van der Waals surface area contributed by atoms with E-state index in [0.717, 1.165) is 29.4 Å². The van der Waals surface area contributed by atoms with Crippen LogP contribution in [0.1, 0.15) is 29.9 Å². The van der Waals surface area contributed by atoms with Gasteiger partial charge < -0.3 is 4.98 Å². The lowest BCUT2D eigenvalue weighted by Gasteiger charge is -2.30. The van der Waals surface area contributed by atoms with Crippen LogP contribution in [0.4, 0.5) is 0 Å². The van der Waals surface area contributed by atoms with Crippen LogP contribution in [-0.4, -0.2) is 35.8 Å². The van der Waals surface area contributed by atoms with Crippen molar-refractivity contribution in [2.75, 3.05) is 13.1 Å². The topological polar surface area (TPSA) is 66.1 Å². The summed E-state index contributed by atoms with van der Waals surface area (Å²) in [5.74, 6) is 0.359. The second kappa shape index (κ2) is 7.05. The van der Waals surface area contributed by atoms with Gasteiger partial charge in [0, 0.05) is 36.3 Å². The minimum absolute atomic E-state index is 0.359. The average molecular weight is 367 g/mol. The number of aromatic nitrogens is 2. The number of hydrogen-bond acceptors (Lipinski definition) is 3. The van der Waals surface area contributed by atoms with Gasteiger partial charge in [-0.3, -0.25) is 0 Å². The van der Waals surface area contributed by atoms with E-state index >= 15 is 0 Å². The van der Waals surface area contributed by atoms with Gasteiger partial charge in [0.2, 0.25) is 10.0 Å². The molecule has 0 aliphatic carbocycles. The zero-order valence-corrected chi connectivity index (χ0v) is 15.2. The van der Waals surface area contributed by atoms with Crippen LogP contribution in [0.3, 0.4) is 0 Å². The van der Waals surface area contributed by atoms with Crippen molar-refractivity contribution < 1.29 is 8.42 Å². The van der Waals surface area contributed by atoms with E-state index in [9.17, 15) is 8.42 Å². The van der Waals surface area contributed by atoms with Crippen LogP contribution >= 0.6 is 0 Å². The van der Waals surface area contributed by atoms with Gasteiger partial charge >= 0.3 is 0 Å². The lowest BCUT2D eigenvalue weighted by Crippen LogP contribution is -2.36. The van der Waals surface area contributed by atoms with Crippen molar-refractivity contribution in [1.82, 2.24) is 14.3 Å². The maximum absolute atomic E-state index is 12.6. The highest BCUT2D eigenvalue weighted by atomic mass is 32.2. The van der Waals surface area contributed by atoms with Crippen LogP contribution in [-0.2, 0) is 10.0 Å². The van der Waals surface area contributed by atoms with Crippen molar-refractivity contribution in [2.45, 2.75) is 18.8 Å². The van der Waals surface area contributed by atoms with Gasteiger partial charge in [0.05, 0.1) is 0 Å². The highest BCUT2D eigenvalue weighted by molar-refractivity contribution is 7.92. The molecule has 1 aliphatic rings. The third kappa shape index (κ3) is 3.43. The molecule has 2 aromatic heterocycles. The van der Waals surface area contributed by atoms with Crippen molar-refractivity contribution >= 4 is 27.1 Å². The number of pyridine rings is 1. The number of fused-ring (bicyclic) bond motifs is 1. The number of aromatic amines is 1. The lowest BCUT2D eigenvalue weighted by atomic mass is 9.90. The first-order valence-corrected chi connectivity index (χ1v) is 10.3. The van der Waals surface area contributed by atoms with Crippen molar-refractivity contribution in [3.05, 3.63) is 71.4 Å². The number of hydrogen-bond donors (Lipinski definition) is 1. The molecule has 0 amide bonds. The molecule has 1 N–H and O–H groups in total. The Morgan fingerprint density at radius 2 is 1.85 bits per heavy atom. The second-order valence-corrected chi connectivity index (χ2v) is 8.39. The highest BCUT2D eigenvalue weighted by Gasteiger charge is 2.28. The standard InChI is InChI=1S/C20H21N3O2S/c24-26(25,14-10-16-5-2-1-3-6-16)23-12-8-17(9-13-23)19-15-22-20-18(19)7-4-11-21-20/h1-7,10-11,14-15,17H,8-9,12-13H2,(H,21,22). The van der Waals surface area contributed by atoms with E-state index in [2.05, 4.69) is 16.0 Å². The van der Waals surface area contributed by atoms with Crippen molar-refractivity contribution in [3.63, 3.8) is 0 Å². The molecule has 5 nitrogen and oxygen atoms in total. The Labute approximate surface area is 153 Å². The fourth-order valence-electron chi connectivity index (χ4n) is 3.55. The van der Waals surface area contributed by atoms with E-state index in [1.807, 2.05) is 42.6 Å². The van der Waals surface area contributed by atoms with E-state index in [1.165, 1.54) is 11.0 Å². The smallest absolute Gasteiger partial charge is 0.236 e. The first-order valence-electron chi connectivity index (χ1n) is 8.79. The Hall–Kier alpha value is -2.44. The average Bonchev–Trinajstić information content (AvgIpc) is 3.12. The zero-order valence-electron chi connectivity index (χ0n) is 14.4. The van der Waals surface area contributed by atoms with Crippen LogP contribution < -0.4 is 0 Å². The van der Waals surface area contributed by atoms with Gasteiger partial charge in [0.1, 0.15) is 5.65 Å². The van der Waals surface area contributed by atoms with E-state index in [1.54, 1.807) is 16.6 Å². The number of rotatable bonds is 4. The molecular weight excluding hydrogens is 346 g/mol. The lowest BCUT2D eigenvalue weighted by molar-refractivity contribution is 0.323. The van der Waals surface area contributed by atoms with Crippen LogP contribution in [0.2, 0.25) is 0 Å². The van der Waals surface area contributed by atoms with Crippen molar-refractivity contribution in [2.24, 2.45) is 0 Å². The van der Waals surface area contributed by atoms with Gasteiger partial charge in [-0.05, 0) is 48.1 Å². The molecule has 3 heterocycles. The fourth-order valence-corrected chi connectivity index (χ4v) is 4.77. The first kappa shape index (κ1) is 17.0. The molecule has 0 spiro atoms. The summed E-state index contributed by atoms with van der Waals surface area (Å²) in [4.78, 5) is 7.54. The molecule has 3 aromatic rings. The molecule has 0 unspecified atom stereocenters. The Morgan fingerprint density at radius 1 is 1.08 bits per heavy atom. The van der Waals surface area contributed by atoms with E-state index in [4.69, 9.17) is 0 Å². The first-order chi connectivity index (χ1) is 12.6. The van der Waals surface area contributed by atoms with Gasteiger partial charge in [-0.25, -0.2) is 13.4 Å². The molecule has 4 rings (SSSR count). The monoisotopic (exact) mass is 367 g/mol. The summed E-state index contributed by atoms with van der Waals surface area (Å²) >= 11 is 0. The minimum Gasteiger partial charge on any atom is -0.346 e. The predicted molar refractivity (Wildman–Crippen MR) is 104 cm³/mol.